The molecule has 0 bridgehead atoms. The minimum atomic E-state index is -0.00144. The van der Waals surface area contributed by atoms with Gasteiger partial charge in [-0.15, -0.1) is 0 Å². The van der Waals surface area contributed by atoms with Crippen molar-refractivity contribution in [1.29, 1.82) is 0 Å². The van der Waals surface area contributed by atoms with Gasteiger partial charge in [0.15, 0.2) is 5.78 Å². The second kappa shape index (κ2) is 7.23. The van der Waals surface area contributed by atoms with E-state index in [4.69, 9.17) is 4.74 Å². The molecule has 0 saturated heterocycles. The van der Waals surface area contributed by atoms with Gasteiger partial charge in [-0.1, -0.05) is 35.0 Å². The first-order valence-electron chi connectivity index (χ1n) is 6.76. The molecule has 110 valence electrons. The van der Waals surface area contributed by atoms with Crippen LogP contribution < -0.4 is 4.74 Å². The molecule has 0 spiro atoms. The number of carbonyl (C=O) groups is 1. The van der Waals surface area contributed by atoms with E-state index in [1.54, 1.807) is 12.1 Å². The Bertz CT molecular complexity index is 666. The standard InChI is InChI=1S/C17H16Br2O2/c1-3-8-21-16-7-6-13(10-15(16)19)17(20)12-5-4-11(2)14(18)9-12/h4-7,9-10H,3,8H2,1-2H3. The van der Waals surface area contributed by atoms with E-state index in [1.807, 2.05) is 31.2 Å². The molecule has 0 heterocycles. The molecule has 2 nitrogen and oxygen atoms in total. The predicted molar refractivity (Wildman–Crippen MR) is 92.2 cm³/mol. The number of ketones is 1. The van der Waals surface area contributed by atoms with Gasteiger partial charge in [-0.05, 0) is 59.1 Å². The number of benzene rings is 2. The number of carbonyl (C=O) groups excluding carboxylic acids is 1. The molecule has 2 aromatic rings. The molecular weight excluding hydrogens is 396 g/mol. The topological polar surface area (TPSA) is 26.3 Å². The second-order valence-electron chi connectivity index (χ2n) is 4.79. The van der Waals surface area contributed by atoms with E-state index in [9.17, 15) is 4.79 Å². The molecule has 4 heteroatoms. The first kappa shape index (κ1) is 16.2. The average molecular weight is 412 g/mol. The Kier molecular flexibility index (Phi) is 5.59. The largest absolute Gasteiger partial charge is 0.492 e. The summed E-state index contributed by atoms with van der Waals surface area (Å²) in [6, 6.07) is 11.1. The molecule has 2 rings (SSSR count). The number of aryl methyl sites for hydroxylation is 1. The van der Waals surface area contributed by atoms with Crippen molar-refractivity contribution in [3.8, 4) is 5.75 Å². The van der Waals surface area contributed by atoms with Gasteiger partial charge in [0.25, 0.3) is 0 Å². The first-order chi connectivity index (χ1) is 10.0. The summed E-state index contributed by atoms with van der Waals surface area (Å²) in [7, 11) is 0. The van der Waals surface area contributed by atoms with Crippen LogP contribution in [0.25, 0.3) is 0 Å². The van der Waals surface area contributed by atoms with Crippen LogP contribution in [0.4, 0.5) is 0 Å². The zero-order chi connectivity index (χ0) is 15.4. The minimum absolute atomic E-state index is 0.00144. The molecule has 0 N–H and O–H groups in total. The van der Waals surface area contributed by atoms with Crippen molar-refractivity contribution in [2.45, 2.75) is 20.3 Å². The highest BCUT2D eigenvalue weighted by atomic mass is 79.9. The molecule has 0 unspecified atom stereocenters. The van der Waals surface area contributed by atoms with E-state index in [1.165, 1.54) is 0 Å². The highest BCUT2D eigenvalue weighted by Crippen LogP contribution is 2.28. The molecule has 0 radical (unpaired) electrons. The number of hydrogen-bond acceptors (Lipinski definition) is 2. The second-order valence-corrected chi connectivity index (χ2v) is 6.50. The average Bonchev–Trinajstić information content (AvgIpc) is 2.48. The van der Waals surface area contributed by atoms with Crippen molar-refractivity contribution in [2.24, 2.45) is 0 Å². The van der Waals surface area contributed by atoms with E-state index in [0.29, 0.717) is 17.7 Å². The summed E-state index contributed by atoms with van der Waals surface area (Å²) in [4.78, 5) is 12.5. The number of hydrogen-bond donors (Lipinski definition) is 0. The fourth-order valence-corrected chi connectivity index (χ4v) is 2.74. The maximum Gasteiger partial charge on any atom is 0.193 e. The van der Waals surface area contributed by atoms with Crippen LogP contribution in [0.15, 0.2) is 45.3 Å². The zero-order valence-electron chi connectivity index (χ0n) is 12.0. The molecule has 0 aliphatic rings. The minimum Gasteiger partial charge on any atom is -0.492 e. The van der Waals surface area contributed by atoms with Gasteiger partial charge in [-0.2, -0.15) is 0 Å². The first-order valence-corrected chi connectivity index (χ1v) is 8.34. The summed E-state index contributed by atoms with van der Waals surface area (Å²) in [6.07, 6.45) is 0.949. The molecule has 0 atom stereocenters. The molecule has 0 aromatic heterocycles. The van der Waals surface area contributed by atoms with Gasteiger partial charge in [-0.3, -0.25) is 4.79 Å². The highest BCUT2D eigenvalue weighted by molar-refractivity contribution is 9.10. The molecule has 2 aromatic carbocycles. The third-order valence-corrected chi connectivity index (χ3v) is 4.56. The molecular formula is C17H16Br2O2. The quantitative estimate of drug-likeness (QED) is 0.603. The molecule has 0 fully saturated rings. The van der Waals surface area contributed by atoms with Gasteiger partial charge >= 0.3 is 0 Å². The van der Waals surface area contributed by atoms with Crippen molar-refractivity contribution in [2.75, 3.05) is 6.61 Å². The summed E-state index contributed by atoms with van der Waals surface area (Å²) in [6.45, 7) is 4.71. The summed E-state index contributed by atoms with van der Waals surface area (Å²) in [5.41, 5.74) is 2.42. The SMILES string of the molecule is CCCOc1ccc(C(=O)c2ccc(C)c(Br)c2)cc1Br. The van der Waals surface area contributed by atoms with Crippen LogP contribution in [0.2, 0.25) is 0 Å². The normalized spacial score (nSPS) is 10.5. The number of halogens is 2. The van der Waals surface area contributed by atoms with E-state index in [-0.39, 0.29) is 5.78 Å². The van der Waals surface area contributed by atoms with Gasteiger partial charge < -0.3 is 4.74 Å². The van der Waals surface area contributed by atoms with Crippen LogP contribution in [-0.4, -0.2) is 12.4 Å². The van der Waals surface area contributed by atoms with Crippen LogP contribution in [0.1, 0.15) is 34.8 Å². The molecule has 0 aliphatic carbocycles. The van der Waals surface area contributed by atoms with Gasteiger partial charge in [0.1, 0.15) is 5.75 Å². The Morgan fingerprint density at radius 1 is 1.05 bits per heavy atom. The Labute approximate surface area is 141 Å². The maximum atomic E-state index is 12.5. The van der Waals surface area contributed by atoms with Crippen molar-refractivity contribution >= 4 is 37.6 Å². The summed E-state index contributed by atoms with van der Waals surface area (Å²) in [5, 5.41) is 0. The maximum absolute atomic E-state index is 12.5. The fraction of sp³-hybridized carbons (Fsp3) is 0.235. The highest BCUT2D eigenvalue weighted by Gasteiger charge is 2.12. The van der Waals surface area contributed by atoms with Crippen molar-refractivity contribution < 1.29 is 9.53 Å². The third-order valence-electron chi connectivity index (χ3n) is 3.09. The Hall–Kier alpha value is -1.13. The molecule has 0 amide bonds. The van der Waals surface area contributed by atoms with Gasteiger partial charge in [-0.25, -0.2) is 0 Å². The summed E-state index contributed by atoms with van der Waals surface area (Å²) in [5.74, 6) is 0.761. The fourth-order valence-electron chi connectivity index (χ4n) is 1.87. The molecule has 0 saturated carbocycles. The van der Waals surface area contributed by atoms with Gasteiger partial charge in [0.2, 0.25) is 0 Å². The van der Waals surface area contributed by atoms with E-state index in [2.05, 4.69) is 38.8 Å². The number of rotatable bonds is 5. The van der Waals surface area contributed by atoms with Crippen LogP contribution >= 0.6 is 31.9 Å². The lowest BCUT2D eigenvalue weighted by Gasteiger charge is -2.09. The smallest absolute Gasteiger partial charge is 0.193 e. The van der Waals surface area contributed by atoms with E-state index < -0.39 is 0 Å². The van der Waals surface area contributed by atoms with Crippen molar-refractivity contribution in [1.82, 2.24) is 0 Å². The van der Waals surface area contributed by atoms with Gasteiger partial charge in [0.05, 0.1) is 11.1 Å². The lowest BCUT2D eigenvalue weighted by atomic mass is 10.0. The molecule has 0 aliphatic heterocycles. The van der Waals surface area contributed by atoms with Crippen LogP contribution in [0, 0.1) is 6.92 Å². The van der Waals surface area contributed by atoms with E-state index in [0.717, 1.165) is 26.7 Å². The third kappa shape index (κ3) is 3.95. The predicted octanol–water partition coefficient (Wildman–Crippen LogP) is 5.54. The van der Waals surface area contributed by atoms with E-state index >= 15 is 0 Å². The summed E-state index contributed by atoms with van der Waals surface area (Å²) < 4.78 is 7.33. The van der Waals surface area contributed by atoms with Crippen LogP contribution in [-0.2, 0) is 0 Å². The zero-order valence-corrected chi connectivity index (χ0v) is 15.1. The van der Waals surface area contributed by atoms with Crippen molar-refractivity contribution in [3.05, 3.63) is 62.0 Å². The van der Waals surface area contributed by atoms with Crippen LogP contribution in [0.3, 0.4) is 0 Å². The Morgan fingerprint density at radius 2 is 1.67 bits per heavy atom. The lowest BCUT2D eigenvalue weighted by Crippen LogP contribution is -2.03. The Morgan fingerprint density at radius 3 is 2.24 bits per heavy atom. The lowest BCUT2D eigenvalue weighted by molar-refractivity contribution is 0.103. The van der Waals surface area contributed by atoms with Crippen LogP contribution in [0.5, 0.6) is 5.75 Å². The molecule has 21 heavy (non-hydrogen) atoms. The monoisotopic (exact) mass is 410 g/mol. The summed E-state index contributed by atoms with van der Waals surface area (Å²) >= 11 is 6.92. The van der Waals surface area contributed by atoms with Crippen molar-refractivity contribution in [3.63, 3.8) is 0 Å². The number of ether oxygens (including phenoxy) is 1. The Balaban J connectivity index is 2.27. The van der Waals surface area contributed by atoms with Gasteiger partial charge in [0, 0.05) is 15.6 Å².